The Hall–Kier alpha value is -1.87. The van der Waals surface area contributed by atoms with Crippen molar-refractivity contribution in [3.8, 4) is 0 Å². The smallest absolute Gasteiger partial charge is 0.325 e. The molecule has 0 spiro atoms. The predicted molar refractivity (Wildman–Crippen MR) is 77.2 cm³/mol. The van der Waals surface area contributed by atoms with Crippen LogP contribution in [0.25, 0.3) is 10.8 Å². The number of carboxylic acid groups (broad SMARTS) is 1. The Morgan fingerprint density at radius 1 is 1.16 bits per heavy atom. The number of carbonyl (C=O) groups is 1. The van der Waals surface area contributed by atoms with Gasteiger partial charge in [0.2, 0.25) is 0 Å². The van der Waals surface area contributed by atoms with Crippen LogP contribution in [0.1, 0.15) is 25.5 Å². The molecule has 2 aromatic carbocycles. The zero-order chi connectivity index (χ0) is 13.8. The maximum atomic E-state index is 11.5. The van der Waals surface area contributed by atoms with E-state index in [0.29, 0.717) is 12.5 Å². The highest BCUT2D eigenvalue weighted by Crippen LogP contribution is 2.24. The molecule has 19 heavy (non-hydrogen) atoms. The van der Waals surface area contributed by atoms with Gasteiger partial charge in [-0.1, -0.05) is 56.3 Å². The fourth-order valence-electron chi connectivity index (χ4n) is 2.19. The van der Waals surface area contributed by atoms with E-state index in [4.69, 9.17) is 0 Å². The van der Waals surface area contributed by atoms with Crippen LogP contribution >= 0.6 is 0 Å². The Labute approximate surface area is 113 Å². The molecule has 0 radical (unpaired) electrons. The van der Waals surface area contributed by atoms with Gasteiger partial charge in [0.25, 0.3) is 0 Å². The van der Waals surface area contributed by atoms with Crippen LogP contribution in [-0.4, -0.2) is 17.6 Å². The average Bonchev–Trinajstić information content (AvgIpc) is 2.38. The van der Waals surface area contributed by atoms with E-state index < -0.39 is 12.0 Å². The minimum atomic E-state index is -0.836. The van der Waals surface area contributed by atoms with Gasteiger partial charge < -0.3 is 10.4 Å². The van der Waals surface area contributed by atoms with E-state index in [1.165, 1.54) is 0 Å². The van der Waals surface area contributed by atoms with Crippen LogP contribution in [0.15, 0.2) is 42.5 Å². The highest BCUT2D eigenvalue weighted by molar-refractivity contribution is 5.90. The molecule has 2 aromatic rings. The number of benzene rings is 2. The van der Waals surface area contributed by atoms with E-state index in [2.05, 4.69) is 19.2 Å². The van der Waals surface area contributed by atoms with E-state index in [1.807, 2.05) is 42.5 Å². The SMILES string of the molecule is CC(C)CNC(C(=O)O)c1cccc2ccccc12. The number of nitrogens with one attached hydrogen (secondary N) is 1. The van der Waals surface area contributed by atoms with Crippen LogP contribution in [0.4, 0.5) is 0 Å². The van der Waals surface area contributed by atoms with Gasteiger partial charge in [0.1, 0.15) is 6.04 Å². The number of carboxylic acids is 1. The number of fused-ring (bicyclic) bond motifs is 1. The van der Waals surface area contributed by atoms with Crippen molar-refractivity contribution in [2.45, 2.75) is 19.9 Å². The second kappa shape index (κ2) is 5.85. The number of hydrogen-bond donors (Lipinski definition) is 2. The van der Waals surface area contributed by atoms with Gasteiger partial charge in [-0.25, -0.2) is 0 Å². The average molecular weight is 257 g/mol. The molecule has 3 nitrogen and oxygen atoms in total. The maximum absolute atomic E-state index is 11.5. The summed E-state index contributed by atoms with van der Waals surface area (Å²) in [7, 11) is 0. The van der Waals surface area contributed by atoms with E-state index in [9.17, 15) is 9.90 Å². The Kier molecular flexibility index (Phi) is 4.17. The summed E-state index contributed by atoms with van der Waals surface area (Å²) >= 11 is 0. The van der Waals surface area contributed by atoms with Crippen LogP contribution < -0.4 is 5.32 Å². The molecule has 0 amide bonds. The van der Waals surface area contributed by atoms with Gasteiger partial charge in [0.05, 0.1) is 0 Å². The standard InChI is InChI=1S/C16H19NO2/c1-11(2)10-17-15(16(18)19)14-9-5-7-12-6-3-4-8-13(12)14/h3-9,11,15,17H,10H2,1-2H3,(H,18,19). The highest BCUT2D eigenvalue weighted by atomic mass is 16.4. The molecule has 1 atom stereocenters. The van der Waals surface area contributed by atoms with Gasteiger partial charge in [-0.3, -0.25) is 4.79 Å². The summed E-state index contributed by atoms with van der Waals surface area (Å²) in [6.45, 7) is 4.81. The third kappa shape index (κ3) is 3.12. The maximum Gasteiger partial charge on any atom is 0.325 e. The summed E-state index contributed by atoms with van der Waals surface area (Å²) in [4.78, 5) is 11.5. The van der Waals surface area contributed by atoms with Crippen molar-refractivity contribution in [2.24, 2.45) is 5.92 Å². The molecular formula is C16H19NO2. The molecule has 3 heteroatoms. The van der Waals surface area contributed by atoms with Crippen molar-refractivity contribution in [1.29, 1.82) is 0 Å². The van der Waals surface area contributed by atoms with Crippen LogP contribution in [0.5, 0.6) is 0 Å². The van der Waals surface area contributed by atoms with Crippen LogP contribution in [-0.2, 0) is 4.79 Å². The van der Waals surface area contributed by atoms with Crippen molar-refractivity contribution >= 4 is 16.7 Å². The second-order valence-electron chi connectivity index (χ2n) is 5.14. The fraction of sp³-hybridized carbons (Fsp3) is 0.312. The summed E-state index contributed by atoms with van der Waals surface area (Å²) in [5.41, 5.74) is 0.825. The van der Waals surface area contributed by atoms with Gasteiger partial charge in [0, 0.05) is 0 Å². The molecular weight excluding hydrogens is 238 g/mol. The van der Waals surface area contributed by atoms with Gasteiger partial charge in [-0.15, -0.1) is 0 Å². The quantitative estimate of drug-likeness (QED) is 0.864. The third-order valence-electron chi connectivity index (χ3n) is 3.11. The van der Waals surface area contributed by atoms with Crippen LogP contribution in [0.2, 0.25) is 0 Å². The Bertz CT molecular complexity index is 572. The molecule has 0 aliphatic rings. The second-order valence-corrected chi connectivity index (χ2v) is 5.14. The molecule has 0 bridgehead atoms. The van der Waals surface area contributed by atoms with Crippen molar-refractivity contribution in [3.05, 3.63) is 48.0 Å². The Morgan fingerprint density at radius 3 is 2.53 bits per heavy atom. The van der Waals surface area contributed by atoms with Crippen LogP contribution in [0.3, 0.4) is 0 Å². The lowest BCUT2D eigenvalue weighted by atomic mass is 9.98. The molecule has 0 aliphatic heterocycles. The first kappa shape index (κ1) is 13.6. The minimum absolute atomic E-state index is 0.414. The van der Waals surface area contributed by atoms with E-state index in [-0.39, 0.29) is 0 Å². The summed E-state index contributed by atoms with van der Waals surface area (Å²) in [6, 6.07) is 13.0. The van der Waals surface area contributed by atoms with Crippen molar-refractivity contribution in [1.82, 2.24) is 5.32 Å². The summed E-state index contributed by atoms with van der Waals surface area (Å²) < 4.78 is 0. The normalized spacial score (nSPS) is 12.8. The van der Waals surface area contributed by atoms with Crippen LogP contribution in [0, 0.1) is 5.92 Å². The zero-order valence-corrected chi connectivity index (χ0v) is 11.3. The lowest BCUT2D eigenvalue weighted by molar-refractivity contribution is -0.139. The van der Waals surface area contributed by atoms with Gasteiger partial charge in [0.15, 0.2) is 0 Å². The molecule has 0 saturated carbocycles. The fourth-order valence-corrected chi connectivity index (χ4v) is 2.19. The summed E-state index contributed by atoms with van der Waals surface area (Å²) in [5, 5.41) is 14.6. The molecule has 0 fully saturated rings. The van der Waals surface area contributed by atoms with Gasteiger partial charge >= 0.3 is 5.97 Å². The Morgan fingerprint density at radius 2 is 1.84 bits per heavy atom. The molecule has 2 rings (SSSR count). The molecule has 100 valence electrons. The van der Waals surface area contributed by atoms with Crippen molar-refractivity contribution in [2.75, 3.05) is 6.54 Å². The first-order valence-corrected chi connectivity index (χ1v) is 6.53. The first-order valence-electron chi connectivity index (χ1n) is 6.53. The van der Waals surface area contributed by atoms with Crippen molar-refractivity contribution in [3.63, 3.8) is 0 Å². The monoisotopic (exact) mass is 257 g/mol. The number of aliphatic carboxylic acids is 1. The molecule has 0 aromatic heterocycles. The molecule has 1 unspecified atom stereocenters. The largest absolute Gasteiger partial charge is 0.480 e. The van der Waals surface area contributed by atoms with E-state index in [1.54, 1.807) is 0 Å². The summed E-state index contributed by atoms with van der Waals surface area (Å²) in [5.74, 6) is -0.422. The lowest BCUT2D eigenvalue weighted by Crippen LogP contribution is -2.31. The topological polar surface area (TPSA) is 49.3 Å². The van der Waals surface area contributed by atoms with Gasteiger partial charge in [-0.05, 0) is 28.8 Å². The number of hydrogen-bond acceptors (Lipinski definition) is 2. The minimum Gasteiger partial charge on any atom is -0.480 e. The lowest BCUT2D eigenvalue weighted by Gasteiger charge is -2.18. The molecule has 0 saturated heterocycles. The third-order valence-corrected chi connectivity index (χ3v) is 3.11. The van der Waals surface area contributed by atoms with E-state index in [0.717, 1.165) is 16.3 Å². The highest BCUT2D eigenvalue weighted by Gasteiger charge is 2.21. The Balaban J connectivity index is 2.41. The van der Waals surface area contributed by atoms with E-state index >= 15 is 0 Å². The molecule has 2 N–H and O–H groups in total. The molecule has 0 heterocycles. The number of rotatable bonds is 5. The first-order chi connectivity index (χ1) is 9.09. The zero-order valence-electron chi connectivity index (χ0n) is 11.3. The molecule has 0 aliphatic carbocycles. The van der Waals surface area contributed by atoms with Crippen molar-refractivity contribution < 1.29 is 9.90 Å². The summed E-state index contributed by atoms with van der Waals surface area (Å²) in [6.07, 6.45) is 0. The predicted octanol–water partition coefficient (Wildman–Crippen LogP) is 3.21. The van der Waals surface area contributed by atoms with Gasteiger partial charge in [-0.2, -0.15) is 0 Å².